The number of piperazine rings is 1. The second-order valence-corrected chi connectivity index (χ2v) is 5.68. The summed E-state index contributed by atoms with van der Waals surface area (Å²) in [6, 6.07) is 0.433. The topological polar surface area (TPSA) is 61.4 Å². The van der Waals surface area contributed by atoms with E-state index in [1.807, 2.05) is 4.90 Å². The molecule has 2 heterocycles. The van der Waals surface area contributed by atoms with E-state index in [1.54, 1.807) is 0 Å². The minimum Gasteiger partial charge on any atom is -0.350 e. The van der Waals surface area contributed by atoms with E-state index in [0.29, 0.717) is 0 Å². The van der Waals surface area contributed by atoms with E-state index in [4.69, 9.17) is 0 Å². The molecule has 0 radical (unpaired) electrons. The van der Waals surface area contributed by atoms with Gasteiger partial charge in [0, 0.05) is 12.6 Å². The minimum atomic E-state index is 0. The van der Waals surface area contributed by atoms with Crippen molar-refractivity contribution in [1.29, 1.82) is 0 Å². The van der Waals surface area contributed by atoms with E-state index in [2.05, 4.69) is 10.6 Å². The molecule has 0 aromatic heterocycles. The maximum absolute atomic E-state index is 12.5. The highest BCUT2D eigenvalue weighted by Crippen LogP contribution is 2.27. The number of carbonyl (C=O) groups is 2. The molecule has 5 nitrogen and oxygen atoms in total. The van der Waals surface area contributed by atoms with Gasteiger partial charge in [-0.05, 0) is 25.8 Å². The summed E-state index contributed by atoms with van der Waals surface area (Å²) in [5, 5.41) is 6.27. The van der Waals surface area contributed by atoms with Crippen LogP contribution in [0.5, 0.6) is 0 Å². The first kappa shape index (κ1) is 14.6. The molecule has 3 aliphatic rings. The second kappa shape index (κ2) is 6.09. The first-order valence-electron chi connectivity index (χ1n) is 7.06. The van der Waals surface area contributed by atoms with Crippen LogP contribution in [0.25, 0.3) is 0 Å². The Bertz CT molecular complexity index is 358. The molecule has 2 amide bonds. The van der Waals surface area contributed by atoms with Crippen LogP contribution in [0, 0.1) is 5.92 Å². The molecule has 1 aliphatic carbocycles. The van der Waals surface area contributed by atoms with Crippen molar-refractivity contribution < 1.29 is 9.59 Å². The molecule has 2 saturated heterocycles. The Labute approximate surface area is 119 Å². The molecule has 3 atom stereocenters. The van der Waals surface area contributed by atoms with Crippen LogP contribution in [-0.4, -0.2) is 48.4 Å². The largest absolute Gasteiger partial charge is 0.350 e. The molecule has 3 fully saturated rings. The number of halogens is 1. The van der Waals surface area contributed by atoms with Gasteiger partial charge < -0.3 is 15.5 Å². The number of carbonyl (C=O) groups excluding carboxylic acids is 2. The first-order chi connectivity index (χ1) is 8.75. The van der Waals surface area contributed by atoms with Gasteiger partial charge in [-0.1, -0.05) is 12.8 Å². The lowest BCUT2D eigenvalue weighted by molar-refractivity contribution is -0.147. The molecular weight excluding hydrogens is 266 g/mol. The van der Waals surface area contributed by atoms with Gasteiger partial charge in [0.25, 0.3) is 0 Å². The highest BCUT2D eigenvalue weighted by Gasteiger charge is 2.40. The Morgan fingerprint density at radius 1 is 1.21 bits per heavy atom. The van der Waals surface area contributed by atoms with Crippen molar-refractivity contribution in [2.75, 3.05) is 19.6 Å². The standard InChI is InChI=1S/C13H21N3O2.ClH/c17-12-8-16(13(18)9-5-6-14-7-9)11-4-2-1-3-10(11)15-12;/h9-11,14H,1-8H2,(H,15,17);1H. The summed E-state index contributed by atoms with van der Waals surface area (Å²) in [5.41, 5.74) is 0. The summed E-state index contributed by atoms with van der Waals surface area (Å²) in [6.07, 6.45) is 5.30. The predicted molar refractivity (Wildman–Crippen MR) is 74.1 cm³/mol. The van der Waals surface area contributed by atoms with E-state index in [0.717, 1.165) is 38.8 Å². The van der Waals surface area contributed by atoms with E-state index in [9.17, 15) is 9.59 Å². The molecule has 108 valence electrons. The van der Waals surface area contributed by atoms with Crippen molar-refractivity contribution in [1.82, 2.24) is 15.5 Å². The predicted octanol–water partition coefficient (Wildman–Crippen LogP) is 0.287. The van der Waals surface area contributed by atoms with Crippen LogP contribution in [0.4, 0.5) is 0 Å². The molecule has 6 heteroatoms. The fraction of sp³-hybridized carbons (Fsp3) is 0.846. The second-order valence-electron chi connectivity index (χ2n) is 5.68. The van der Waals surface area contributed by atoms with Crippen molar-refractivity contribution in [3.05, 3.63) is 0 Å². The zero-order chi connectivity index (χ0) is 12.5. The molecule has 3 rings (SSSR count). The summed E-state index contributed by atoms with van der Waals surface area (Å²) in [4.78, 5) is 26.1. The third-order valence-corrected chi connectivity index (χ3v) is 4.48. The quantitative estimate of drug-likeness (QED) is 0.729. The van der Waals surface area contributed by atoms with Crippen LogP contribution in [-0.2, 0) is 9.59 Å². The lowest BCUT2D eigenvalue weighted by Gasteiger charge is -2.44. The molecule has 1 saturated carbocycles. The highest BCUT2D eigenvalue weighted by molar-refractivity contribution is 5.88. The molecule has 2 N–H and O–H groups in total. The van der Waals surface area contributed by atoms with Gasteiger partial charge in [-0.3, -0.25) is 9.59 Å². The lowest BCUT2D eigenvalue weighted by atomic mass is 9.86. The molecular formula is C13H22ClN3O2. The van der Waals surface area contributed by atoms with Crippen LogP contribution in [0.3, 0.4) is 0 Å². The van der Waals surface area contributed by atoms with Crippen molar-refractivity contribution in [2.45, 2.75) is 44.2 Å². The fourth-order valence-corrected chi connectivity index (χ4v) is 3.52. The molecule has 2 aliphatic heterocycles. The van der Waals surface area contributed by atoms with Crippen LogP contribution in [0.1, 0.15) is 32.1 Å². The lowest BCUT2D eigenvalue weighted by Crippen LogP contribution is -2.63. The van der Waals surface area contributed by atoms with Gasteiger partial charge in [0.15, 0.2) is 0 Å². The normalized spacial score (nSPS) is 34.2. The Morgan fingerprint density at radius 3 is 2.74 bits per heavy atom. The number of hydrogen-bond acceptors (Lipinski definition) is 3. The van der Waals surface area contributed by atoms with Gasteiger partial charge in [-0.25, -0.2) is 0 Å². The molecule has 3 unspecified atom stereocenters. The fourth-order valence-electron chi connectivity index (χ4n) is 3.52. The third kappa shape index (κ3) is 2.87. The number of fused-ring (bicyclic) bond motifs is 1. The van der Waals surface area contributed by atoms with E-state index >= 15 is 0 Å². The van der Waals surface area contributed by atoms with Crippen molar-refractivity contribution in [3.63, 3.8) is 0 Å². The maximum atomic E-state index is 12.5. The Kier molecular flexibility index (Phi) is 4.68. The van der Waals surface area contributed by atoms with Crippen LogP contribution in [0.15, 0.2) is 0 Å². The first-order valence-corrected chi connectivity index (χ1v) is 7.06. The van der Waals surface area contributed by atoms with Gasteiger partial charge in [-0.15, -0.1) is 12.4 Å². The van der Waals surface area contributed by atoms with Crippen molar-refractivity contribution >= 4 is 24.2 Å². The molecule has 0 bridgehead atoms. The summed E-state index contributed by atoms with van der Waals surface area (Å²) in [5.74, 6) is 0.280. The number of hydrogen-bond donors (Lipinski definition) is 2. The van der Waals surface area contributed by atoms with E-state index in [-0.39, 0.29) is 48.8 Å². The summed E-state index contributed by atoms with van der Waals surface area (Å²) in [6.45, 7) is 1.95. The Morgan fingerprint density at radius 2 is 2.00 bits per heavy atom. The number of nitrogens with zero attached hydrogens (tertiary/aromatic N) is 1. The SMILES string of the molecule is Cl.O=C1CN(C(=O)C2CCNC2)C2CCCCC2N1. The van der Waals surface area contributed by atoms with Gasteiger partial charge in [0.2, 0.25) is 11.8 Å². The average Bonchev–Trinajstić information content (AvgIpc) is 2.90. The van der Waals surface area contributed by atoms with Crippen LogP contribution in [0.2, 0.25) is 0 Å². The minimum absolute atomic E-state index is 0. The van der Waals surface area contributed by atoms with Gasteiger partial charge in [-0.2, -0.15) is 0 Å². The molecule has 19 heavy (non-hydrogen) atoms. The Balaban J connectivity index is 0.00000133. The van der Waals surface area contributed by atoms with Gasteiger partial charge in [0.1, 0.15) is 0 Å². The Hall–Kier alpha value is -0.810. The summed E-state index contributed by atoms with van der Waals surface area (Å²) < 4.78 is 0. The maximum Gasteiger partial charge on any atom is 0.239 e. The molecule has 0 spiro atoms. The summed E-state index contributed by atoms with van der Waals surface area (Å²) in [7, 11) is 0. The van der Waals surface area contributed by atoms with Crippen molar-refractivity contribution in [2.24, 2.45) is 5.92 Å². The highest BCUT2D eigenvalue weighted by atomic mass is 35.5. The summed E-state index contributed by atoms with van der Waals surface area (Å²) >= 11 is 0. The number of amides is 2. The monoisotopic (exact) mass is 287 g/mol. The zero-order valence-corrected chi connectivity index (χ0v) is 11.9. The van der Waals surface area contributed by atoms with Gasteiger partial charge in [0.05, 0.1) is 18.5 Å². The third-order valence-electron chi connectivity index (χ3n) is 4.48. The van der Waals surface area contributed by atoms with E-state index < -0.39 is 0 Å². The van der Waals surface area contributed by atoms with Gasteiger partial charge >= 0.3 is 0 Å². The zero-order valence-electron chi connectivity index (χ0n) is 11.1. The smallest absolute Gasteiger partial charge is 0.239 e. The number of nitrogens with one attached hydrogen (secondary N) is 2. The molecule has 0 aromatic carbocycles. The average molecular weight is 288 g/mol. The molecule has 0 aromatic rings. The van der Waals surface area contributed by atoms with Crippen LogP contribution < -0.4 is 10.6 Å². The van der Waals surface area contributed by atoms with Crippen molar-refractivity contribution in [3.8, 4) is 0 Å². The number of rotatable bonds is 1. The van der Waals surface area contributed by atoms with E-state index in [1.165, 1.54) is 6.42 Å². The van der Waals surface area contributed by atoms with Crippen LogP contribution >= 0.6 is 12.4 Å².